The fourth-order valence-corrected chi connectivity index (χ4v) is 5.22. The summed E-state index contributed by atoms with van der Waals surface area (Å²) in [5.41, 5.74) is 4.65. The maximum Gasteiger partial charge on any atom is 0.410 e. The molecule has 1 aliphatic heterocycles. The van der Waals surface area contributed by atoms with Crippen LogP contribution in [0.25, 0.3) is 22.4 Å². The summed E-state index contributed by atoms with van der Waals surface area (Å²) in [6.45, 7) is 3.07. The molecule has 9 heteroatoms. The highest BCUT2D eigenvalue weighted by Crippen LogP contribution is 2.42. The Morgan fingerprint density at radius 3 is 2.27 bits per heavy atom. The first-order valence-corrected chi connectivity index (χ1v) is 13.6. The number of hydrogen-bond donors (Lipinski definition) is 1. The van der Waals surface area contributed by atoms with Gasteiger partial charge in [-0.15, -0.1) is 0 Å². The van der Waals surface area contributed by atoms with E-state index in [1.165, 1.54) is 12.1 Å². The molecule has 1 fully saturated rings. The van der Waals surface area contributed by atoms with E-state index in [2.05, 4.69) is 9.97 Å². The van der Waals surface area contributed by atoms with Crippen molar-refractivity contribution in [2.45, 2.75) is 38.7 Å². The van der Waals surface area contributed by atoms with Crippen LogP contribution in [0.5, 0.6) is 0 Å². The van der Waals surface area contributed by atoms with Crippen molar-refractivity contribution in [3.63, 3.8) is 0 Å². The molecule has 4 aromatic rings. The number of pyridine rings is 1. The fraction of sp³-hybridized carbons (Fsp3) is 0.281. The lowest BCUT2D eigenvalue weighted by Crippen LogP contribution is -2.38. The van der Waals surface area contributed by atoms with Crippen LogP contribution in [0.1, 0.15) is 59.3 Å². The molecule has 212 valence electrons. The summed E-state index contributed by atoms with van der Waals surface area (Å²) in [4.78, 5) is 35.4. The molecular formula is C32H31F2N3O4. The van der Waals surface area contributed by atoms with E-state index in [9.17, 15) is 18.4 Å². The molecule has 1 amide bonds. The van der Waals surface area contributed by atoms with Gasteiger partial charge in [-0.25, -0.2) is 18.4 Å². The topological polar surface area (TPSA) is 84.5 Å². The fourth-order valence-electron chi connectivity index (χ4n) is 5.22. The van der Waals surface area contributed by atoms with Gasteiger partial charge in [0.25, 0.3) is 6.43 Å². The number of esters is 1. The predicted molar refractivity (Wildman–Crippen MR) is 151 cm³/mol. The Morgan fingerprint density at radius 2 is 1.63 bits per heavy atom. The van der Waals surface area contributed by atoms with Crippen molar-refractivity contribution in [3.05, 3.63) is 102 Å². The van der Waals surface area contributed by atoms with Gasteiger partial charge < -0.3 is 19.4 Å². The van der Waals surface area contributed by atoms with Crippen LogP contribution in [-0.2, 0) is 16.1 Å². The van der Waals surface area contributed by atoms with E-state index < -0.39 is 12.4 Å². The Labute approximate surface area is 237 Å². The number of rotatable bonds is 8. The maximum atomic E-state index is 13.4. The number of halogens is 2. The molecule has 5 rings (SSSR count). The number of amides is 1. The monoisotopic (exact) mass is 559 g/mol. The summed E-state index contributed by atoms with van der Waals surface area (Å²) in [5, 5.41) is 0. The number of nitrogens with zero attached hydrogens (tertiary/aromatic N) is 2. The average molecular weight is 560 g/mol. The summed E-state index contributed by atoms with van der Waals surface area (Å²) in [6, 6.07) is 19.1. The normalized spacial score (nSPS) is 13.8. The lowest BCUT2D eigenvalue weighted by atomic mass is 9.89. The van der Waals surface area contributed by atoms with Crippen LogP contribution in [0, 0.1) is 0 Å². The zero-order valence-corrected chi connectivity index (χ0v) is 22.7. The molecule has 0 aliphatic carbocycles. The number of carbonyl (C=O) groups excluding carboxylic acids is 2. The molecule has 0 radical (unpaired) electrons. The number of nitrogens with one attached hydrogen (secondary N) is 1. The smallest absolute Gasteiger partial charge is 0.410 e. The third kappa shape index (κ3) is 6.29. The number of benzene rings is 2. The second-order valence-corrected chi connectivity index (χ2v) is 9.84. The van der Waals surface area contributed by atoms with Gasteiger partial charge in [-0.3, -0.25) is 4.98 Å². The minimum atomic E-state index is -2.58. The third-order valence-electron chi connectivity index (χ3n) is 7.30. The number of hydrogen-bond acceptors (Lipinski definition) is 5. The minimum absolute atomic E-state index is 0.0674. The highest BCUT2D eigenvalue weighted by molar-refractivity contribution is 6.03. The van der Waals surface area contributed by atoms with E-state index in [0.29, 0.717) is 54.0 Å². The predicted octanol–water partition coefficient (Wildman–Crippen LogP) is 7.37. The number of carbonyl (C=O) groups is 2. The van der Waals surface area contributed by atoms with Gasteiger partial charge in [0.1, 0.15) is 6.61 Å². The molecule has 7 nitrogen and oxygen atoms in total. The average Bonchev–Trinajstić information content (AvgIpc) is 3.42. The molecule has 41 heavy (non-hydrogen) atoms. The number of aromatic nitrogens is 2. The lowest BCUT2D eigenvalue weighted by molar-refractivity contribution is 0.0523. The second kappa shape index (κ2) is 12.8. The van der Waals surface area contributed by atoms with Gasteiger partial charge >= 0.3 is 12.1 Å². The van der Waals surface area contributed by atoms with Gasteiger partial charge in [0.2, 0.25) is 0 Å². The summed E-state index contributed by atoms with van der Waals surface area (Å²) in [5.74, 6) is -0.534. The quantitative estimate of drug-likeness (QED) is 0.228. The molecule has 2 aromatic heterocycles. The Morgan fingerprint density at radius 1 is 0.951 bits per heavy atom. The molecule has 1 N–H and O–H groups in total. The van der Waals surface area contributed by atoms with Crippen LogP contribution in [0.4, 0.5) is 13.6 Å². The van der Waals surface area contributed by atoms with Gasteiger partial charge in [0, 0.05) is 48.2 Å². The molecule has 2 aromatic carbocycles. The van der Waals surface area contributed by atoms with Crippen LogP contribution >= 0.6 is 0 Å². The standard InChI is InChI=1S/C32H31F2N3O4/c1-2-40-31(38)27-26(22-12-16-35-17-13-22)28(23-8-10-25(11-9-23)30(33)34)36-29(27)24-14-18-37(19-15-24)32(39)41-20-21-6-4-3-5-7-21/h3-13,16-17,24,30,36H,2,14-15,18-20H2,1H3. The van der Waals surface area contributed by atoms with Crippen LogP contribution in [0.3, 0.4) is 0 Å². The second-order valence-electron chi connectivity index (χ2n) is 9.84. The van der Waals surface area contributed by atoms with Gasteiger partial charge in [-0.05, 0) is 48.6 Å². The number of piperidine rings is 1. The van der Waals surface area contributed by atoms with E-state index in [4.69, 9.17) is 9.47 Å². The summed E-state index contributed by atoms with van der Waals surface area (Å²) in [6.07, 6.45) is 1.53. The highest BCUT2D eigenvalue weighted by atomic mass is 19.3. The molecule has 0 atom stereocenters. The maximum absolute atomic E-state index is 13.4. The third-order valence-corrected chi connectivity index (χ3v) is 7.30. The van der Waals surface area contributed by atoms with E-state index >= 15 is 0 Å². The lowest BCUT2D eigenvalue weighted by Gasteiger charge is -2.31. The van der Waals surface area contributed by atoms with E-state index in [1.807, 2.05) is 30.3 Å². The van der Waals surface area contributed by atoms with Crippen LogP contribution in [-0.4, -0.2) is 46.6 Å². The zero-order valence-electron chi connectivity index (χ0n) is 22.7. The van der Waals surface area contributed by atoms with Gasteiger partial charge in [0.15, 0.2) is 0 Å². The molecule has 3 heterocycles. The van der Waals surface area contributed by atoms with Crippen molar-refractivity contribution < 1.29 is 27.8 Å². The van der Waals surface area contributed by atoms with Crippen LogP contribution < -0.4 is 0 Å². The summed E-state index contributed by atoms with van der Waals surface area (Å²) >= 11 is 0. The molecule has 0 unspecified atom stereocenters. The first-order valence-electron chi connectivity index (χ1n) is 13.6. The van der Waals surface area contributed by atoms with Gasteiger partial charge in [-0.1, -0.05) is 54.6 Å². The first-order chi connectivity index (χ1) is 20.0. The number of alkyl halides is 2. The molecule has 1 aliphatic rings. The van der Waals surface area contributed by atoms with Crippen molar-refractivity contribution in [1.29, 1.82) is 0 Å². The molecular weight excluding hydrogens is 528 g/mol. The summed E-state index contributed by atoms with van der Waals surface area (Å²) in [7, 11) is 0. The molecule has 1 saturated heterocycles. The Hall–Kier alpha value is -4.53. The SMILES string of the molecule is CCOC(=O)c1c(C2CCN(C(=O)OCc3ccccc3)CC2)[nH]c(-c2ccc(C(F)F)cc2)c1-c1ccncc1. The number of aromatic amines is 1. The van der Waals surface area contributed by atoms with Crippen molar-refractivity contribution >= 4 is 12.1 Å². The van der Waals surface area contributed by atoms with Crippen LogP contribution in [0.2, 0.25) is 0 Å². The van der Waals surface area contributed by atoms with E-state index in [-0.39, 0.29) is 30.8 Å². The zero-order chi connectivity index (χ0) is 28.8. The van der Waals surface area contributed by atoms with Gasteiger partial charge in [-0.2, -0.15) is 0 Å². The Bertz CT molecular complexity index is 1470. The van der Waals surface area contributed by atoms with E-state index in [1.54, 1.807) is 48.5 Å². The Kier molecular flexibility index (Phi) is 8.72. The minimum Gasteiger partial charge on any atom is -0.462 e. The highest BCUT2D eigenvalue weighted by Gasteiger charge is 2.33. The van der Waals surface area contributed by atoms with Crippen LogP contribution in [0.15, 0.2) is 79.1 Å². The molecule has 0 bridgehead atoms. The number of likely N-dealkylation sites (tertiary alicyclic amines) is 1. The van der Waals surface area contributed by atoms with E-state index in [0.717, 1.165) is 11.1 Å². The van der Waals surface area contributed by atoms with Crippen molar-refractivity contribution in [2.75, 3.05) is 19.7 Å². The van der Waals surface area contributed by atoms with Crippen molar-refractivity contribution in [1.82, 2.24) is 14.9 Å². The summed E-state index contributed by atoms with van der Waals surface area (Å²) < 4.78 is 37.5. The molecule has 0 saturated carbocycles. The van der Waals surface area contributed by atoms with Crippen molar-refractivity contribution in [3.8, 4) is 22.4 Å². The number of ether oxygens (including phenoxy) is 2. The number of H-pyrrole nitrogens is 1. The first kappa shape index (κ1) is 28.0. The Balaban J connectivity index is 1.45. The van der Waals surface area contributed by atoms with Gasteiger partial charge in [0.05, 0.1) is 17.9 Å². The van der Waals surface area contributed by atoms with Crippen molar-refractivity contribution in [2.24, 2.45) is 0 Å². The largest absolute Gasteiger partial charge is 0.462 e. The molecule has 0 spiro atoms.